The van der Waals surface area contributed by atoms with Gasteiger partial charge in [-0.3, -0.25) is 4.79 Å². The van der Waals surface area contributed by atoms with Gasteiger partial charge in [-0.1, -0.05) is 30.3 Å². The number of hydrogen-bond acceptors (Lipinski definition) is 7. The summed E-state index contributed by atoms with van der Waals surface area (Å²) in [5, 5.41) is 6.81. The van der Waals surface area contributed by atoms with Gasteiger partial charge in [0.25, 0.3) is 0 Å². The molecule has 182 valence electrons. The number of primary amides is 1. The average molecular weight is 488 g/mol. The number of rotatable bonds is 5. The second-order valence-corrected chi connectivity index (χ2v) is 12.2. The van der Waals surface area contributed by atoms with E-state index in [0.717, 1.165) is 16.7 Å². The highest BCUT2D eigenvalue weighted by molar-refractivity contribution is 7.91. The van der Waals surface area contributed by atoms with E-state index >= 15 is 0 Å². The van der Waals surface area contributed by atoms with Crippen molar-refractivity contribution < 1.29 is 22.5 Å². The Kier molecular flexibility index (Phi) is 5.42. The van der Waals surface area contributed by atoms with Gasteiger partial charge >= 0.3 is 6.03 Å². The maximum atomic E-state index is 12.8. The molecule has 10 nitrogen and oxygen atoms in total. The van der Waals surface area contributed by atoms with Crippen LogP contribution in [0.1, 0.15) is 60.1 Å². The minimum Gasteiger partial charge on any atom is -0.352 e. The molecule has 2 fully saturated rings. The van der Waals surface area contributed by atoms with Gasteiger partial charge in [-0.25, -0.2) is 13.2 Å². The second kappa shape index (κ2) is 8.07. The quantitative estimate of drug-likeness (QED) is 0.651. The first kappa shape index (κ1) is 22.8. The van der Waals surface area contributed by atoms with Crippen LogP contribution in [-0.4, -0.2) is 53.4 Å². The number of aromatic nitrogens is 2. The number of amides is 3. The van der Waals surface area contributed by atoms with E-state index in [1.165, 1.54) is 0 Å². The van der Waals surface area contributed by atoms with Gasteiger partial charge in [0.05, 0.1) is 29.4 Å². The van der Waals surface area contributed by atoms with E-state index in [4.69, 9.17) is 10.3 Å². The number of nitrogens with two attached hydrogens (primary N) is 1. The Morgan fingerprint density at radius 1 is 1.35 bits per heavy atom. The SMILES string of the molecule is Cc1noc(C2CC2C(=O)NCc2cccc3c2C([C@]2(C)CCS(=O)(=O)C2)N(C(N)=O)CC3)n1. The molecule has 34 heavy (non-hydrogen) atoms. The zero-order valence-corrected chi connectivity index (χ0v) is 20.1. The molecule has 1 saturated heterocycles. The highest BCUT2D eigenvalue weighted by atomic mass is 32.2. The predicted molar refractivity (Wildman–Crippen MR) is 122 cm³/mol. The number of fused-ring (bicyclic) bond motifs is 1. The zero-order chi connectivity index (χ0) is 24.3. The molecule has 0 spiro atoms. The van der Waals surface area contributed by atoms with Crippen LogP contribution in [0.4, 0.5) is 4.79 Å². The van der Waals surface area contributed by atoms with Crippen LogP contribution in [0.25, 0.3) is 0 Å². The lowest BCUT2D eigenvalue weighted by molar-refractivity contribution is -0.122. The van der Waals surface area contributed by atoms with Crippen molar-refractivity contribution in [1.82, 2.24) is 20.4 Å². The number of sulfone groups is 1. The van der Waals surface area contributed by atoms with E-state index in [1.807, 2.05) is 25.1 Å². The second-order valence-electron chi connectivity index (χ2n) is 10.0. The Hall–Kier alpha value is -2.95. The number of urea groups is 1. The fourth-order valence-corrected chi connectivity index (χ4v) is 7.89. The molecule has 0 bridgehead atoms. The molecular formula is C23H29N5O5S. The van der Waals surface area contributed by atoms with Crippen LogP contribution in [0, 0.1) is 18.3 Å². The molecule has 2 aromatic rings. The van der Waals surface area contributed by atoms with Gasteiger partial charge in [0, 0.05) is 18.5 Å². The van der Waals surface area contributed by atoms with Crippen LogP contribution in [0.5, 0.6) is 0 Å². The fraction of sp³-hybridized carbons (Fsp3) is 0.565. The Bertz CT molecular complexity index is 1260. The number of hydrogen-bond donors (Lipinski definition) is 2. The zero-order valence-electron chi connectivity index (χ0n) is 19.3. The number of benzene rings is 1. The van der Waals surface area contributed by atoms with E-state index in [2.05, 4.69) is 15.5 Å². The van der Waals surface area contributed by atoms with Crippen molar-refractivity contribution in [3.63, 3.8) is 0 Å². The lowest BCUT2D eigenvalue weighted by Crippen LogP contribution is -2.50. The molecule has 1 aliphatic carbocycles. The molecule has 1 aromatic carbocycles. The first-order valence-electron chi connectivity index (χ1n) is 11.5. The van der Waals surface area contributed by atoms with Gasteiger partial charge in [0.1, 0.15) is 0 Å². The molecule has 2 aliphatic heterocycles. The number of nitrogens with zero attached hydrogens (tertiary/aromatic N) is 3. The van der Waals surface area contributed by atoms with Crippen molar-refractivity contribution in [2.24, 2.45) is 17.1 Å². The first-order chi connectivity index (χ1) is 16.1. The summed E-state index contributed by atoms with van der Waals surface area (Å²) in [5.74, 6) is 0.765. The third kappa shape index (κ3) is 4.06. The molecule has 11 heteroatoms. The van der Waals surface area contributed by atoms with Crippen molar-refractivity contribution in [3.8, 4) is 0 Å². The summed E-state index contributed by atoms with van der Waals surface area (Å²) in [6.07, 6.45) is 1.74. The fourth-order valence-electron chi connectivity index (χ4n) is 5.66. The molecule has 4 atom stereocenters. The third-order valence-electron chi connectivity index (χ3n) is 7.41. The van der Waals surface area contributed by atoms with Gasteiger partial charge in [0.2, 0.25) is 11.8 Å². The maximum absolute atomic E-state index is 12.8. The number of carbonyl (C=O) groups is 2. The summed E-state index contributed by atoms with van der Waals surface area (Å²) in [4.78, 5) is 31.0. The molecular weight excluding hydrogens is 458 g/mol. The van der Waals surface area contributed by atoms with Crippen LogP contribution in [0.2, 0.25) is 0 Å². The Balaban J connectivity index is 1.40. The normalized spacial score (nSPS) is 29.5. The van der Waals surface area contributed by atoms with E-state index in [1.54, 1.807) is 11.8 Å². The molecule has 3 unspecified atom stereocenters. The van der Waals surface area contributed by atoms with Crippen molar-refractivity contribution in [2.45, 2.75) is 51.6 Å². The maximum Gasteiger partial charge on any atom is 0.315 e. The first-order valence-corrected chi connectivity index (χ1v) is 13.4. The van der Waals surface area contributed by atoms with Crippen LogP contribution in [0.15, 0.2) is 22.7 Å². The Morgan fingerprint density at radius 3 is 2.79 bits per heavy atom. The van der Waals surface area contributed by atoms with E-state index in [-0.39, 0.29) is 35.8 Å². The van der Waals surface area contributed by atoms with E-state index < -0.39 is 27.3 Å². The molecule has 3 N–H and O–H groups in total. The van der Waals surface area contributed by atoms with Crippen molar-refractivity contribution >= 4 is 21.8 Å². The third-order valence-corrected chi connectivity index (χ3v) is 9.34. The molecule has 0 radical (unpaired) electrons. The summed E-state index contributed by atoms with van der Waals surface area (Å²) in [7, 11) is -3.20. The highest BCUT2D eigenvalue weighted by Gasteiger charge is 2.51. The molecule has 1 saturated carbocycles. The molecule has 5 rings (SSSR count). The molecule has 3 heterocycles. The summed E-state index contributed by atoms with van der Waals surface area (Å²) in [6, 6.07) is 4.85. The van der Waals surface area contributed by atoms with Crippen LogP contribution < -0.4 is 11.1 Å². The highest BCUT2D eigenvalue weighted by Crippen LogP contribution is 2.50. The van der Waals surface area contributed by atoms with E-state index in [0.29, 0.717) is 37.5 Å². The van der Waals surface area contributed by atoms with Gasteiger partial charge in [-0.05, 0) is 42.9 Å². The van der Waals surface area contributed by atoms with Gasteiger partial charge in [-0.15, -0.1) is 0 Å². The largest absolute Gasteiger partial charge is 0.352 e. The minimum absolute atomic E-state index is 0.00192. The number of nitrogens with one attached hydrogen (secondary N) is 1. The van der Waals surface area contributed by atoms with Crippen molar-refractivity contribution in [3.05, 3.63) is 46.6 Å². The van der Waals surface area contributed by atoms with Crippen LogP contribution in [-0.2, 0) is 27.6 Å². The van der Waals surface area contributed by atoms with E-state index in [9.17, 15) is 18.0 Å². The Labute approximate surface area is 198 Å². The van der Waals surface area contributed by atoms with Crippen molar-refractivity contribution in [2.75, 3.05) is 18.1 Å². The lowest BCUT2D eigenvalue weighted by Gasteiger charge is -2.45. The molecule has 3 aliphatic rings. The van der Waals surface area contributed by atoms with Gasteiger partial charge in [-0.2, -0.15) is 4.98 Å². The smallest absolute Gasteiger partial charge is 0.315 e. The topological polar surface area (TPSA) is 148 Å². The van der Waals surface area contributed by atoms with Crippen molar-refractivity contribution in [1.29, 1.82) is 0 Å². The lowest BCUT2D eigenvalue weighted by atomic mass is 9.72. The van der Waals surface area contributed by atoms with Gasteiger partial charge < -0.3 is 20.5 Å². The Morgan fingerprint density at radius 2 is 2.15 bits per heavy atom. The monoisotopic (exact) mass is 487 g/mol. The standard InChI is InChI=1S/C23H29N5O5S/c1-13-26-21(33-27-13)17-10-16(17)20(29)25-11-15-5-3-4-14-6-8-28(22(24)30)19(18(14)15)23(2)7-9-34(31,32)12-23/h3-5,16-17,19H,6-12H2,1-2H3,(H2,24,30)(H,25,29)/t16?,17?,19?,23-/m1/s1. The number of aryl methyl sites for hydroxylation is 1. The summed E-state index contributed by atoms with van der Waals surface area (Å²) < 4.78 is 30.0. The van der Waals surface area contributed by atoms with Crippen LogP contribution in [0.3, 0.4) is 0 Å². The van der Waals surface area contributed by atoms with Gasteiger partial charge in [0.15, 0.2) is 15.7 Å². The number of carbonyl (C=O) groups excluding carboxylic acids is 2. The minimum atomic E-state index is -3.20. The summed E-state index contributed by atoms with van der Waals surface area (Å²) in [6.45, 7) is 4.38. The predicted octanol–water partition coefficient (Wildman–Crippen LogP) is 1.60. The molecule has 1 aromatic heterocycles. The summed E-state index contributed by atoms with van der Waals surface area (Å²) >= 11 is 0. The van der Waals surface area contributed by atoms with Crippen LogP contribution >= 0.6 is 0 Å². The average Bonchev–Trinajstić information content (AvgIpc) is 3.38. The summed E-state index contributed by atoms with van der Waals surface area (Å²) in [5.41, 5.74) is 7.94. The molecule has 3 amide bonds.